The maximum absolute atomic E-state index is 12.8. The molecule has 5 heteroatoms. The number of aryl methyl sites for hydroxylation is 1. The molecular weight excluding hydrogens is 354 g/mol. The van der Waals surface area contributed by atoms with Crippen molar-refractivity contribution in [3.63, 3.8) is 0 Å². The average molecular weight is 375 g/mol. The molecule has 1 aromatic heterocycles. The SMILES string of the molecule is O=C(Nc1cccc2c1CCCC2)c1cccc(CSc2cnccn2)c1. The van der Waals surface area contributed by atoms with E-state index in [4.69, 9.17) is 0 Å². The number of nitrogens with one attached hydrogen (secondary N) is 1. The first kappa shape index (κ1) is 17.7. The Morgan fingerprint density at radius 1 is 1.07 bits per heavy atom. The largest absolute Gasteiger partial charge is 0.322 e. The molecule has 0 aliphatic heterocycles. The number of carbonyl (C=O) groups is 1. The number of amides is 1. The summed E-state index contributed by atoms with van der Waals surface area (Å²) in [5.74, 6) is 0.695. The standard InChI is InChI=1S/C22H21N3OS/c26-22(25-20-10-4-7-17-6-1-2-9-19(17)20)18-8-3-5-16(13-18)15-27-21-14-23-11-12-24-21/h3-5,7-8,10-14H,1-2,6,9,15H2,(H,25,26). The minimum Gasteiger partial charge on any atom is -0.322 e. The minimum absolute atomic E-state index is 0.0553. The van der Waals surface area contributed by atoms with Gasteiger partial charge in [0.1, 0.15) is 5.03 Å². The van der Waals surface area contributed by atoms with E-state index >= 15 is 0 Å². The molecule has 1 N–H and O–H groups in total. The Balaban J connectivity index is 1.46. The molecule has 0 unspecified atom stereocenters. The lowest BCUT2D eigenvalue weighted by atomic mass is 9.90. The Morgan fingerprint density at radius 2 is 1.96 bits per heavy atom. The number of hydrogen-bond donors (Lipinski definition) is 1. The first-order valence-electron chi connectivity index (χ1n) is 9.19. The molecule has 1 heterocycles. The summed E-state index contributed by atoms with van der Waals surface area (Å²) in [7, 11) is 0. The van der Waals surface area contributed by atoms with E-state index < -0.39 is 0 Å². The van der Waals surface area contributed by atoms with Crippen LogP contribution >= 0.6 is 11.8 Å². The fourth-order valence-electron chi connectivity index (χ4n) is 3.41. The maximum atomic E-state index is 12.8. The Morgan fingerprint density at radius 3 is 2.85 bits per heavy atom. The van der Waals surface area contributed by atoms with Crippen molar-refractivity contribution in [2.75, 3.05) is 5.32 Å². The number of aromatic nitrogens is 2. The molecule has 4 rings (SSSR count). The van der Waals surface area contributed by atoms with Crippen LogP contribution in [-0.2, 0) is 18.6 Å². The number of rotatable bonds is 5. The topological polar surface area (TPSA) is 54.9 Å². The van der Waals surface area contributed by atoms with Crippen LogP contribution < -0.4 is 5.32 Å². The van der Waals surface area contributed by atoms with E-state index in [0.29, 0.717) is 5.56 Å². The van der Waals surface area contributed by atoms with Crippen LogP contribution in [0.2, 0.25) is 0 Å². The van der Waals surface area contributed by atoms with Gasteiger partial charge in [-0.1, -0.05) is 24.3 Å². The lowest BCUT2D eigenvalue weighted by Gasteiger charge is -2.19. The number of carbonyl (C=O) groups excluding carboxylic acids is 1. The Bertz CT molecular complexity index is 943. The molecule has 0 saturated carbocycles. The molecule has 1 aliphatic rings. The molecule has 1 amide bonds. The number of benzene rings is 2. The highest BCUT2D eigenvalue weighted by Crippen LogP contribution is 2.28. The zero-order valence-electron chi connectivity index (χ0n) is 15.0. The molecule has 0 fully saturated rings. The predicted octanol–water partition coefficient (Wildman–Crippen LogP) is 4.90. The van der Waals surface area contributed by atoms with Gasteiger partial charge in [0, 0.05) is 29.4 Å². The number of hydrogen-bond acceptors (Lipinski definition) is 4. The molecule has 0 radical (unpaired) electrons. The van der Waals surface area contributed by atoms with E-state index in [-0.39, 0.29) is 5.91 Å². The van der Waals surface area contributed by atoms with Gasteiger partial charge in [-0.15, -0.1) is 11.8 Å². The molecule has 4 nitrogen and oxygen atoms in total. The lowest BCUT2D eigenvalue weighted by Crippen LogP contribution is -2.15. The second-order valence-electron chi connectivity index (χ2n) is 6.64. The van der Waals surface area contributed by atoms with Gasteiger partial charge in [-0.2, -0.15) is 0 Å². The van der Waals surface area contributed by atoms with E-state index in [0.717, 1.165) is 34.9 Å². The molecule has 2 aromatic carbocycles. The fourth-order valence-corrected chi connectivity index (χ4v) is 4.18. The zero-order valence-corrected chi connectivity index (χ0v) is 15.8. The van der Waals surface area contributed by atoms with Gasteiger partial charge in [0.2, 0.25) is 0 Å². The fraction of sp³-hybridized carbons (Fsp3) is 0.227. The molecule has 0 spiro atoms. The van der Waals surface area contributed by atoms with Crippen molar-refractivity contribution >= 4 is 23.4 Å². The van der Waals surface area contributed by atoms with Crippen molar-refractivity contribution in [3.8, 4) is 0 Å². The van der Waals surface area contributed by atoms with Crippen molar-refractivity contribution in [2.24, 2.45) is 0 Å². The molecule has 136 valence electrons. The monoisotopic (exact) mass is 375 g/mol. The van der Waals surface area contributed by atoms with Crippen LogP contribution in [0.25, 0.3) is 0 Å². The average Bonchev–Trinajstić information content (AvgIpc) is 2.73. The first-order valence-corrected chi connectivity index (χ1v) is 10.2. The maximum Gasteiger partial charge on any atom is 0.255 e. The van der Waals surface area contributed by atoms with Crippen LogP contribution in [0.15, 0.2) is 66.1 Å². The summed E-state index contributed by atoms with van der Waals surface area (Å²) in [6.45, 7) is 0. The number of fused-ring (bicyclic) bond motifs is 1. The van der Waals surface area contributed by atoms with Gasteiger partial charge in [0.05, 0.1) is 6.20 Å². The van der Waals surface area contributed by atoms with Crippen LogP contribution in [0.4, 0.5) is 5.69 Å². The summed E-state index contributed by atoms with van der Waals surface area (Å²) in [6, 6.07) is 14.0. The van der Waals surface area contributed by atoms with Gasteiger partial charge in [0.25, 0.3) is 5.91 Å². The van der Waals surface area contributed by atoms with Crippen molar-refractivity contribution in [1.29, 1.82) is 0 Å². The van der Waals surface area contributed by atoms with E-state index in [1.807, 2.05) is 36.4 Å². The van der Waals surface area contributed by atoms with Crippen LogP contribution in [0.3, 0.4) is 0 Å². The van der Waals surface area contributed by atoms with Gasteiger partial charge >= 0.3 is 0 Å². The summed E-state index contributed by atoms with van der Waals surface area (Å²) < 4.78 is 0. The van der Waals surface area contributed by atoms with Crippen molar-refractivity contribution in [3.05, 3.63) is 83.3 Å². The Kier molecular flexibility index (Phi) is 5.49. The summed E-state index contributed by atoms with van der Waals surface area (Å²) in [6.07, 6.45) is 9.67. The molecule has 0 saturated heterocycles. The van der Waals surface area contributed by atoms with E-state index in [2.05, 4.69) is 21.4 Å². The molecule has 27 heavy (non-hydrogen) atoms. The Labute approximate surface area is 163 Å². The number of nitrogens with zero attached hydrogens (tertiary/aromatic N) is 2. The molecule has 0 atom stereocenters. The smallest absolute Gasteiger partial charge is 0.255 e. The third kappa shape index (κ3) is 4.37. The van der Waals surface area contributed by atoms with E-state index in [1.54, 1.807) is 30.4 Å². The van der Waals surface area contributed by atoms with Crippen LogP contribution in [0.1, 0.15) is 39.9 Å². The summed E-state index contributed by atoms with van der Waals surface area (Å²) >= 11 is 1.61. The van der Waals surface area contributed by atoms with Crippen LogP contribution in [0, 0.1) is 0 Å². The van der Waals surface area contributed by atoms with Crippen molar-refractivity contribution < 1.29 is 4.79 Å². The highest BCUT2D eigenvalue weighted by molar-refractivity contribution is 7.98. The molecule has 1 aliphatic carbocycles. The molecular formula is C22H21N3OS. The Hall–Kier alpha value is -2.66. The molecule has 3 aromatic rings. The van der Waals surface area contributed by atoms with Gasteiger partial charge in [0.15, 0.2) is 0 Å². The second kappa shape index (κ2) is 8.35. The normalized spacial score (nSPS) is 13.0. The third-order valence-electron chi connectivity index (χ3n) is 4.76. The summed E-state index contributed by atoms with van der Waals surface area (Å²) in [5.41, 5.74) is 5.39. The zero-order chi connectivity index (χ0) is 18.5. The van der Waals surface area contributed by atoms with Gasteiger partial charge in [-0.05, 0) is 60.6 Å². The predicted molar refractivity (Wildman–Crippen MR) is 109 cm³/mol. The number of anilines is 1. The van der Waals surface area contributed by atoms with Gasteiger partial charge < -0.3 is 5.32 Å². The van der Waals surface area contributed by atoms with E-state index in [1.165, 1.54) is 24.0 Å². The van der Waals surface area contributed by atoms with E-state index in [9.17, 15) is 4.79 Å². The van der Waals surface area contributed by atoms with Gasteiger partial charge in [-0.25, -0.2) is 4.98 Å². The minimum atomic E-state index is -0.0553. The number of thioether (sulfide) groups is 1. The van der Waals surface area contributed by atoms with Crippen molar-refractivity contribution in [2.45, 2.75) is 36.5 Å². The quantitative estimate of drug-likeness (QED) is 0.645. The summed E-state index contributed by atoms with van der Waals surface area (Å²) in [4.78, 5) is 21.1. The highest BCUT2D eigenvalue weighted by atomic mass is 32.2. The van der Waals surface area contributed by atoms with Crippen LogP contribution in [0.5, 0.6) is 0 Å². The van der Waals surface area contributed by atoms with Crippen molar-refractivity contribution in [1.82, 2.24) is 9.97 Å². The highest BCUT2D eigenvalue weighted by Gasteiger charge is 2.15. The van der Waals surface area contributed by atoms with Gasteiger partial charge in [-0.3, -0.25) is 9.78 Å². The van der Waals surface area contributed by atoms with Crippen LogP contribution in [-0.4, -0.2) is 15.9 Å². The first-order chi connectivity index (χ1) is 13.3. The lowest BCUT2D eigenvalue weighted by molar-refractivity contribution is 0.102. The molecule has 0 bridgehead atoms. The summed E-state index contributed by atoms with van der Waals surface area (Å²) in [5, 5.41) is 4.00. The third-order valence-corrected chi connectivity index (χ3v) is 5.74. The second-order valence-corrected chi connectivity index (χ2v) is 7.63.